The SMILES string of the molecule is CC(=O)Nc1ccc(S(=O)(=O)N2CC(N3C(=O)C4CC=CCC4C3=O)C2)c(C)c1. The fourth-order valence-electron chi connectivity index (χ4n) is 4.32. The first kappa shape index (κ1) is 19.8. The summed E-state index contributed by atoms with van der Waals surface area (Å²) in [6.07, 6.45) is 5.00. The monoisotopic (exact) mass is 417 g/mol. The van der Waals surface area contributed by atoms with Crippen LogP contribution in [0, 0.1) is 18.8 Å². The maximum Gasteiger partial charge on any atom is 0.243 e. The molecule has 2 unspecified atom stereocenters. The van der Waals surface area contributed by atoms with Crippen LogP contribution in [-0.2, 0) is 24.4 Å². The number of hydrogen-bond acceptors (Lipinski definition) is 5. The van der Waals surface area contributed by atoms with Crippen molar-refractivity contribution in [1.29, 1.82) is 0 Å². The molecule has 2 fully saturated rings. The Labute approximate surface area is 169 Å². The number of likely N-dealkylation sites (tertiary alicyclic amines) is 1. The third-order valence-electron chi connectivity index (χ3n) is 5.85. The molecule has 1 aliphatic carbocycles. The molecule has 1 aromatic carbocycles. The fourth-order valence-corrected chi connectivity index (χ4v) is 6.04. The van der Waals surface area contributed by atoms with Gasteiger partial charge in [-0.15, -0.1) is 0 Å². The zero-order chi connectivity index (χ0) is 20.9. The zero-order valence-electron chi connectivity index (χ0n) is 16.3. The van der Waals surface area contributed by atoms with Crippen LogP contribution < -0.4 is 5.32 Å². The summed E-state index contributed by atoms with van der Waals surface area (Å²) in [5, 5.41) is 2.63. The molecular weight excluding hydrogens is 394 g/mol. The van der Waals surface area contributed by atoms with Crippen molar-refractivity contribution >= 4 is 33.4 Å². The third kappa shape index (κ3) is 3.28. The summed E-state index contributed by atoms with van der Waals surface area (Å²) in [6, 6.07) is 4.21. The number of nitrogens with zero attached hydrogens (tertiary/aromatic N) is 2. The molecule has 9 heteroatoms. The molecule has 0 aromatic heterocycles. The van der Waals surface area contributed by atoms with Crippen molar-refractivity contribution < 1.29 is 22.8 Å². The van der Waals surface area contributed by atoms with E-state index in [4.69, 9.17) is 0 Å². The number of rotatable bonds is 4. The standard InChI is InChI=1S/C20H23N3O5S/c1-12-9-14(21-13(2)24)7-8-18(12)29(27,28)22-10-15(11-22)23-19(25)16-5-3-4-6-17(16)20(23)26/h3-4,7-9,15-17H,5-6,10-11H2,1-2H3,(H,21,24). The molecule has 4 rings (SSSR count). The van der Waals surface area contributed by atoms with E-state index in [1.54, 1.807) is 19.1 Å². The van der Waals surface area contributed by atoms with Gasteiger partial charge in [0.1, 0.15) is 0 Å². The minimum absolute atomic E-state index is 0.111. The van der Waals surface area contributed by atoms with Crippen molar-refractivity contribution in [1.82, 2.24) is 9.21 Å². The Morgan fingerprint density at radius 1 is 1.07 bits per heavy atom. The van der Waals surface area contributed by atoms with Gasteiger partial charge in [-0.3, -0.25) is 19.3 Å². The van der Waals surface area contributed by atoms with Gasteiger partial charge in [0, 0.05) is 25.7 Å². The number of benzene rings is 1. The summed E-state index contributed by atoms with van der Waals surface area (Å²) in [7, 11) is -3.74. The molecule has 1 N–H and O–H groups in total. The number of allylic oxidation sites excluding steroid dienone is 2. The summed E-state index contributed by atoms with van der Waals surface area (Å²) in [4.78, 5) is 37.9. The lowest BCUT2D eigenvalue weighted by molar-refractivity contribution is -0.145. The summed E-state index contributed by atoms with van der Waals surface area (Å²) in [5.74, 6) is -1.20. The lowest BCUT2D eigenvalue weighted by Gasteiger charge is -2.42. The van der Waals surface area contributed by atoms with E-state index in [0.29, 0.717) is 24.1 Å². The van der Waals surface area contributed by atoms with Crippen LogP contribution in [-0.4, -0.2) is 54.5 Å². The van der Waals surface area contributed by atoms with Crippen LogP contribution >= 0.6 is 0 Å². The van der Waals surface area contributed by atoms with Crippen LogP contribution in [0.3, 0.4) is 0 Å². The van der Waals surface area contributed by atoms with Crippen molar-refractivity contribution in [3.05, 3.63) is 35.9 Å². The fraction of sp³-hybridized carbons (Fsp3) is 0.450. The Hall–Kier alpha value is -2.52. The van der Waals surface area contributed by atoms with E-state index in [1.807, 2.05) is 12.2 Å². The quantitative estimate of drug-likeness (QED) is 0.587. The van der Waals surface area contributed by atoms with Gasteiger partial charge in [0.2, 0.25) is 27.7 Å². The number of amides is 3. The molecule has 8 nitrogen and oxygen atoms in total. The van der Waals surface area contributed by atoms with Crippen molar-refractivity contribution in [2.45, 2.75) is 37.6 Å². The van der Waals surface area contributed by atoms with Gasteiger partial charge in [0.15, 0.2) is 0 Å². The maximum absolute atomic E-state index is 13.0. The van der Waals surface area contributed by atoms with Crippen LogP contribution in [0.4, 0.5) is 5.69 Å². The average Bonchev–Trinajstić information content (AvgIpc) is 2.85. The van der Waals surface area contributed by atoms with E-state index in [-0.39, 0.29) is 47.5 Å². The minimum Gasteiger partial charge on any atom is -0.326 e. The highest BCUT2D eigenvalue weighted by molar-refractivity contribution is 7.89. The molecule has 0 spiro atoms. The molecule has 0 radical (unpaired) electrons. The van der Waals surface area contributed by atoms with Crippen molar-refractivity contribution in [2.24, 2.45) is 11.8 Å². The second-order valence-corrected chi connectivity index (χ2v) is 9.75. The Bertz CT molecular complexity index is 1000. The first-order valence-corrected chi connectivity index (χ1v) is 11.0. The summed E-state index contributed by atoms with van der Waals surface area (Å²) in [5.41, 5.74) is 1.05. The number of carbonyl (C=O) groups excluding carboxylic acids is 3. The van der Waals surface area contributed by atoms with Crippen LogP contribution in [0.1, 0.15) is 25.3 Å². The topological polar surface area (TPSA) is 104 Å². The lowest BCUT2D eigenvalue weighted by Crippen LogP contribution is -2.62. The number of nitrogens with one attached hydrogen (secondary N) is 1. The van der Waals surface area contributed by atoms with Crippen LogP contribution in [0.15, 0.2) is 35.2 Å². The zero-order valence-corrected chi connectivity index (χ0v) is 17.1. The Kier molecular flexibility index (Phi) is 4.82. The molecule has 0 bridgehead atoms. The van der Waals surface area contributed by atoms with Gasteiger partial charge in [0.05, 0.1) is 22.8 Å². The van der Waals surface area contributed by atoms with Crippen molar-refractivity contribution in [2.75, 3.05) is 18.4 Å². The summed E-state index contributed by atoms with van der Waals surface area (Å²) < 4.78 is 27.3. The van der Waals surface area contributed by atoms with Gasteiger partial charge >= 0.3 is 0 Å². The largest absolute Gasteiger partial charge is 0.326 e. The number of carbonyl (C=O) groups is 3. The van der Waals surface area contributed by atoms with Gasteiger partial charge in [-0.25, -0.2) is 8.42 Å². The van der Waals surface area contributed by atoms with E-state index < -0.39 is 16.1 Å². The predicted octanol–water partition coefficient (Wildman–Crippen LogP) is 1.28. The minimum atomic E-state index is -3.74. The number of fused-ring (bicyclic) bond motifs is 1. The van der Waals surface area contributed by atoms with Crippen LogP contribution in [0.2, 0.25) is 0 Å². The maximum atomic E-state index is 13.0. The number of sulfonamides is 1. The molecule has 2 aliphatic heterocycles. The number of hydrogen-bond donors (Lipinski definition) is 1. The molecule has 154 valence electrons. The first-order valence-electron chi connectivity index (χ1n) is 9.60. The molecule has 2 saturated heterocycles. The van der Waals surface area contributed by atoms with E-state index >= 15 is 0 Å². The first-order chi connectivity index (χ1) is 13.7. The Morgan fingerprint density at radius 2 is 1.66 bits per heavy atom. The highest BCUT2D eigenvalue weighted by Gasteiger charge is 2.53. The second-order valence-electron chi connectivity index (χ2n) is 7.84. The van der Waals surface area contributed by atoms with Gasteiger partial charge < -0.3 is 5.32 Å². The van der Waals surface area contributed by atoms with E-state index in [0.717, 1.165) is 0 Å². The Balaban J connectivity index is 1.47. The normalized spacial score (nSPS) is 25.1. The Morgan fingerprint density at radius 3 is 2.17 bits per heavy atom. The number of anilines is 1. The molecule has 1 aromatic rings. The molecule has 29 heavy (non-hydrogen) atoms. The van der Waals surface area contributed by atoms with Gasteiger partial charge in [0.25, 0.3) is 0 Å². The van der Waals surface area contributed by atoms with Gasteiger partial charge in [-0.1, -0.05) is 12.2 Å². The third-order valence-corrected chi connectivity index (χ3v) is 7.84. The summed E-state index contributed by atoms with van der Waals surface area (Å²) >= 11 is 0. The number of aryl methyl sites for hydroxylation is 1. The van der Waals surface area contributed by atoms with Gasteiger partial charge in [-0.2, -0.15) is 4.31 Å². The molecular formula is C20H23N3O5S. The molecule has 2 atom stereocenters. The molecule has 2 heterocycles. The van der Waals surface area contributed by atoms with Gasteiger partial charge in [-0.05, 0) is 43.5 Å². The average molecular weight is 417 g/mol. The lowest BCUT2D eigenvalue weighted by atomic mass is 9.85. The van der Waals surface area contributed by atoms with E-state index in [1.165, 1.54) is 22.2 Å². The predicted molar refractivity (Wildman–Crippen MR) is 105 cm³/mol. The number of imide groups is 1. The van der Waals surface area contributed by atoms with Crippen LogP contribution in [0.5, 0.6) is 0 Å². The van der Waals surface area contributed by atoms with Crippen molar-refractivity contribution in [3.8, 4) is 0 Å². The molecule has 0 saturated carbocycles. The van der Waals surface area contributed by atoms with Crippen molar-refractivity contribution in [3.63, 3.8) is 0 Å². The molecule has 3 amide bonds. The second kappa shape index (κ2) is 7.07. The van der Waals surface area contributed by atoms with E-state index in [2.05, 4.69) is 5.32 Å². The van der Waals surface area contributed by atoms with E-state index in [9.17, 15) is 22.8 Å². The van der Waals surface area contributed by atoms with Crippen LogP contribution in [0.25, 0.3) is 0 Å². The highest BCUT2D eigenvalue weighted by Crippen LogP contribution is 2.38. The molecule has 3 aliphatic rings. The summed E-state index contributed by atoms with van der Waals surface area (Å²) in [6.45, 7) is 3.27. The highest BCUT2D eigenvalue weighted by atomic mass is 32.2. The smallest absolute Gasteiger partial charge is 0.243 e.